The molecule has 1 aliphatic rings. The van der Waals surface area contributed by atoms with Crippen molar-refractivity contribution in [2.24, 2.45) is 0 Å². The molecule has 15 heavy (non-hydrogen) atoms. The molecule has 1 fully saturated rings. The number of thiazole rings is 1. The van der Waals surface area contributed by atoms with E-state index in [2.05, 4.69) is 41.3 Å². The monoisotopic (exact) mass is 242 g/mol. The highest BCUT2D eigenvalue weighted by Crippen LogP contribution is 2.25. The minimum absolute atomic E-state index is 0.465. The van der Waals surface area contributed by atoms with Gasteiger partial charge in [-0.3, -0.25) is 0 Å². The third-order valence-electron chi connectivity index (χ3n) is 2.71. The lowest BCUT2D eigenvalue weighted by Gasteiger charge is -2.19. The van der Waals surface area contributed by atoms with Gasteiger partial charge >= 0.3 is 0 Å². The van der Waals surface area contributed by atoms with Gasteiger partial charge < -0.3 is 5.32 Å². The predicted octanol–water partition coefficient (Wildman–Crippen LogP) is 3.00. The van der Waals surface area contributed by atoms with Crippen LogP contribution in [-0.4, -0.2) is 22.5 Å². The second-order valence-electron chi connectivity index (χ2n) is 4.02. The van der Waals surface area contributed by atoms with Crippen molar-refractivity contribution in [1.82, 2.24) is 10.3 Å². The summed E-state index contributed by atoms with van der Waals surface area (Å²) in [6.07, 6.45) is 2.44. The van der Waals surface area contributed by atoms with Crippen LogP contribution in [0.15, 0.2) is 5.38 Å². The summed E-state index contributed by atoms with van der Waals surface area (Å²) < 4.78 is 0. The maximum Gasteiger partial charge on any atom is 0.110 e. The SMILES string of the molecule is CCC(NC1CCSC1)c1nc(C)cs1. The molecule has 2 rings (SSSR count). The molecule has 4 heteroatoms. The highest BCUT2D eigenvalue weighted by molar-refractivity contribution is 7.99. The van der Waals surface area contributed by atoms with Crippen LogP contribution in [0.1, 0.15) is 36.5 Å². The van der Waals surface area contributed by atoms with Gasteiger partial charge in [-0.25, -0.2) is 4.98 Å². The zero-order chi connectivity index (χ0) is 10.7. The zero-order valence-corrected chi connectivity index (χ0v) is 11.0. The highest BCUT2D eigenvalue weighted by atomic mass is 32.2. The quantitative estimate of drug-likeness (QED) is 0.878. The molecule has 0 aromatic carbocycles. The number of aryl methyl sites for hydroxylation is 1. The highest BCUT2D eigenvalue weighted by Gasteiger charge is 2.20. The number of hydrogen-bond acceptors (Lipinski definition) is 4. The van der Waals surface area contributed by atoms with Crippen LogP contribution in [0.25, 0.3) is 0 Å². The fourth-order valence-corrected chi connectivity index (χ4v) is 3.95. The number of nitrogens with one attached hydrogen (secondary N) is 1. The van der Waals surface area contributed by atoms with E-state index < -0.39 is 0 Å². The molecule has 1 aromatic heterocycles. The van der Waals surface area contributed by atoms with E-state index in [0.29, 0.717) is 12.1 Å². The van der Waals surface area contributed by atoms with Crippen molar-refractivity contribution >= 4 is 23.1 Å². The first-order valence-corrected chi connectivity index (χ1v) is 7.59. The molecule has 0 amide bonds. The average Bonchev–Trinajstić information content (AvgIpc) is 2.85. The fraction of sp³-hybridized carbons (Fsp3) is 0.727. The predicted molar refractivity (Wildman–Crippen MR) is 68.7 cm³/mol. The van der Waals surface area contributed by atoms with Crippen LogP contribution in [0.5, 0.6) is 0 Å². The number of hydrogen-bond donors (Lipinski definition) is 1. The number of aromatic nitrogens is 1. The minimum atomic E-state index is 0.465. The average molecular weight is 242 g/mol. The number of rotatable bonds is 4. The summed E-state index contributed by atoms with van der Waals surface area (Å²) in [5, 5.41) is 7.12. The van der Waals surface area contributed by atoms with Crippen LogP contribution in [0.3, 0.4) is 0 Å². The van der Waals surface area contributed by atoms with Gasteiger partial charge in [-0.05, 0) is 25.5 Å². The normalized spacial score (nSPS) is 23.2. The Morgan fingerprint density at radius 2 is 2.53 bits per heavy atom. The van der Waals surface area contributed by atoms with Crippen molar-refractivity contribution in [3.05, 3.63) is 16.1 Å². The molecule has 0 bridgehead atoms. The molecule has 1 N–H and O–H groups in total. The molecular weight excluding hydrogens is 224 g/mol. The van der Waals surface area contributed by atoms with E-state index >= 15 is 0 Å². The lowest BCUT2D eigenvalue weighted by molar-refractivity contribution is 0.449. The van der Waals surface area contributed by atoms with Gasteiger partial charge in [0.15, 0.2) is 0 Å². The summed E-state index contributed by atoms with van der Waals surface area (Å²) in [4.78, 5) is 4.57. The van der Waals surface area contributed by atoms with E-state index in [1.165, 1.54) is 22.9 Å². The summed E-state index contributed by atoms with van der Waals surface area (Å²) in [5.41, 5.74) is 1.15. The van der Waals surface area contributed by atoms with Crippen LogP contribution in [0.2, 0.25) is 0 Å². The van der Waals surface area contributed by atoms with Gasteiger partial charge in [0.1, 0.15) is 5.01 Å². The summed E-state index contributed by atoms with van der Waals surface area (Å²) in [6.45, 7) is 4.30. The van der Waals surface area contributed by atoms with Crippen molar-refractivity contribution in [3.8, 4) is 0 Å². The molecule has 84 valence electrons. The molecule has 0 spiro atoms. The number of thioether (sulfide) groups is 1. The van der Waals surface area contributed by atoms with Gasteiger partial charge in [-0.1, -0.05) is 6.92 Å². The molecule has 2 heterocycles. The Kier molecular flexibility index (Phi) is 4.05. The van der Waals surface area contributed by atoms with Crippen molar-refractivity contribution in [1.29, 1.82) is 0 Å². The zero-order valence-electron chi connectivity index (χ0n) is 9.32. The molecule has 2 nitrogen and oxygen atoms in total. The first-order chi connectivity index (χ1) is 7.29. The second-order valence-corrected chi connectivity index (χ2v) is 6.05. The molecule has 1 aromatic rings. The van der Waals surface area contributed by atoms with Crippen molar-refractivity contribution in [2.45, 2.75) is 38.8 Å². The van der Waals surface area contributed by atoms with E-state index in [0.717, 1.165) is 12.1 Å². The Labute approximate surface area is 99.9 Å². The van der Waals surface area contributed by atoms with Crippen LogP contribution in [-0.2, 0) is 0 Å². The largest absolute Gasteiger partial charge is 0.304 e. The lowest BCUT2D eigenvalue weighted by atomic mass is 10.2. The molecule has 0 saturated carbocycles. The van der Waals surface area contributed by atoms with Crippen molar-refractivity contribution in [2.75, 3.05) is 11.5 Å². The first kappa shape index (κ1) is 11.4. The lowest BCUT2D eigenvalue weighted by Crippen LogP contribution is -2.32. The smallest absolute Gasteiger partial charge is 0.110 e. The standard InChI is InChI=1S/C11H18N2S2/c1-3-10(11-12-8(2)6-15-11)13-9-4-5-14-7-9/h6,9-10,13H,3-5,7H2,1-2H3. The molecule has 2 unspecified atom stereocenters. The molecular formula is C11H18N2S2. The second kappa shape index (κ2) is 5.32. The van der Waals surface area contributed by atoms with Crippen molar-refractivity contribution < 1.29 is 0 Å². The molecule has 0 aliphatic carbocycles. The van der Waals surface area contributed by atoms with E-state index in [1.54, 1.807) is 11.3 Å². The first-order valence-electron chi connectivity index (χ1n) is 5.55. The van der Waals surface area contributed by atoms with E-state index in [9.17, 15) is 0 Å². The Morgan fingerprint density at radius 1 is 1.67 bits per heavy atom. The Hall–Kier alpha value is -0.0600. The van der Waals surface area contributed by atoms with Gasteiger partial charge in [-0.15, -0.1) is 11.3 Å². The summed E-state index contributed by atoms with van der Waals surface area (Å²) >= 11 is 3.84. The molecule has 0 radical (unpaired) electrons. The van der Waals surface area contributed by atoms with Crippen molar-refractivity contribution in [3.63, 3.8) is 0 Å². The summed E-state index contributed by atoms with van der Waals surface area (Å²) in [7, 11) is 0. The Balaban J connectivity index is 1.97. The number of nitrogens with zero attached hydrogens (tertiary/aromatic N) is 1. The van der Waals surface area contributed by atoms with Gasteiger partial charge in [0.25, 0.3) is 0 Å². The van der Waals surface area contributed by atoms with Gasteiger partial charge in [0, 0.05) is 22.9 Å². The Bertz CT molecular complexity index is 305. The van der Waals surface area contributed by atoms with E-state index in [1.807, 2.05) is 0 Å². The minimum Gasteiger partial charge on any atom is -0.304 e. The molecule has 1 saturated heterocycles. The van der Waals surface area contributed by atoms with Crippen LogP contribution < -0.4 is 5.32 Å². The maximum absolute atomic E-state index is 4.57. The van der Waals surface area contributed by atoms with Gasteiger partial charge in [0.05, 0.1) is 6.04 Å². The topological polar surface area (TPSA) is 24.9 Å². The third-order valence-corrected chi connectivity index (χ3v) is 4.95. The third kappa shape index (κ3) is 2.95. The van der Waals surface area contributed by atoms with Crippen LogP contribution in [0.4, 0.5) is 0 Å². The van der Waals surface area contributed by atoms with Gasteiger partial charge in [0.2, 0.25) is 0 Å². The van der Waals surface area contributed by atoms with Crippen LogP contribution in [0, 0.1) is 6.92 Å². The Morgan fingerprint density at radius 3 is 3.07 bits per heavy atom. The van der Waals surface area contributed by atoms with E-state index in [-0.39, 0.29) is 0 Å². The van der Waals surface area contributed by atoms with Crippen LogP contribution >= 0.6 is 23.1 Å². The maximum atomic E-state index is 4.57. The summed E-state index contributed by atoms with van der Waals surface area (Å²) in [5.74, 6) is 2.58. The van der Waals surface area contributed by atoms with Gasteiger partial charge in [-0.2, -0.15) is 11.8 Å². The van der Waals surface area contributed by atoms with E-state index in [4.69, 9.17) is 0 Å². The summed E-state index contributed by atoms with van der Waals surface area (Å²) in [6, 6.07) is 1.16. The molecule has 2 atom stereocenters. The molecule has 1 aliphatic heterocycles. The fourth-order valence-electron chi connectivity index (χ4n) is 1.85.